The quantitative estimate of drug-likeness (QED) is 0.612. The van der Waals surface area contributed by atoms with Gasteiger partial charge in [-0.1, -0.05) is 42.5 Å². The Hall–Kier alpha value is -2.64. The van der Waals surface area contributed by atoms with Gasteiger partial charge >= 0.3 is 0 Å². The Bertz CT molecular complexity index is 884. The number of amides is 3. The summed E-state index contributed by atoms with van der Waals surface area (Å²) in [6.45, 7) is 1.77. The highest BCUT2D eigenvalue weighted by molar-refractivity contribution is 5.91. The van der Waals surface area contributed by atoms with Crippen LogP contribution >= 0.6 is 12.4 Å². The number of halogens is 1. The van der Waals surface area contributed by atoms with Crippen molar-refractivity contribution < 1.29 is 14.4 Å². The molecule has 1 atom stereocenters. The average Bonchev–Trinajstić information content (AvgIpc) is 2.76. The van der Waals surface area contributed by atoms with Gasteiger partial charge in [-0.05, 0) is 29.2 Å². The third-order valence-electron chi connectivity index (χ3n) is 5.26. The number of carbonyl (C=O) groups is 3. The lowest BCUT2D eigenvalue weighted by atomic mass is 9.97. The zero-order chi connectivity index (χ0) is 20.6. The molecule has 3 amide bonds. The lowest BCUT2D eigenvalue weighted by Gasteiger charge is -2.32. The maximum absolute atomic E-state index is 12.5. The van der Waals surface area contributed by atoms with Crippen molar-refractivity contribution >= 4 is 40.9 Å². The van der Waals surface area contributed by atoms with Crippen LogP contribution in [0, 0.1) is 5.92 Å². The minimum Gasteiger partial charge on any atom is -0.355 e. The van der Waals surface area contributed by atoms with Crippen LogP contribution in [0.2, 0.25) is 0 Å². The topological polar surface area (TPSA) is 105 Å². The van der Waals surface area contributed by atoms with Crippen molar-refractivity contribution in [3.63, 3.8) is 0 Å². The van der Waals surface area contributed by atoms with Crippen LogP contribution in [0.3, 0.4) is 0 Å². The predicted octanol–water partition coefficient (Wildman–Crippen LogP) is 1.23. The standard InChI is InChI=1S/C22H28N4O3.ClH/c23-10-11-24-22(29)18-8-4-12-26(15-18)21(28)14-25-20(27)13-17-7-3-6-16-5-1-2-9-19(16)17;/h1-3,5-7,9,18H,4,8,10-15,23H2,(H,24,29)(H,25,27);1H. The number of hydrogen-bond donors (Lipinski definition) is 3. The van der Waals surface area contributed by atoms with Crippen molar-refractivity contribution in [2.24, 2.45) is 11.7 Å². The zero-order valence-corrected chi connectivity index (χ0v) is 17.7. The van der Waals surface area contributed by atoms with Crippen LogP contribution in [0.5, 0.6) is 0 Å². The number of nitrogens with two attached hydrogens (primary N) is 1. The van der Waals surface area contributed by atoms with E-state index in [1.54, 1.807) is 4.90 Å². The van der Waals surface area contributed by atoms with Gasteiger partial charge in [0.1, 0.15) is 0 Å². The molecule has 1 aliphatic rings. The molecule has 1 saturated heterocycles. The van der Waals surface area contributed by atoms with Crippen LogP contribution in [0.4, 0.5) is 0 Å². The monoisotopic (exact) mass is 432 g/mol. The largest absolute Gasteiger partial charge is 0.355 e. The second kappa shape index (κ2) is 11.5. The van der Waals surface area contributed by atoms with Crippen LogP contribution in [0.25, 0.3) is 10.8 Å². The number of nitrogens with one attached hydrogen (secondary N) is 2. The van der Waals surface area contributed by atoms with E-state index in [-0.39, 0.29) is 49.0 Å². The van der Waals surface area contributed by atoms with Crippen molar-refractivity contribution in [3.8, 4) is 0 Å². The van der Waals surface area contributed by atoms with Gasteiger partial charge in [0.15, 0.2) is 0 Å². The highest BCUT2D eigenvalue weighted by atomic mass is 35.5. The fourth-order valence-corrected chi connectivity index (χ4v) is 3.73. The minimum atomic E-state index is -0.217. The molecule has 1 aliphatic heterocycles. The first-order valence-corrected chi connectivity index (χ1v) is 10.1. The van der Waals surface area contributed by atoms with Crippen LogP contribution in [-0.2, 0) is 20.8 Å². The number of fused-ring (bicyclic) bond motifs is 1. The number of carbonyl (C=O) groups excluding carboxylic acids is 3. The molecule has 2 aromatic rings. The normalized spacial score (nSPS) is 15.9. The molecule has 4 N–H and O–H groups in total. The third-order valence-corrected chi connectivity index (χ3v) is 5.26. The molecule has 0 aromatic heterocycles. The van der Waals surface area contributed by atoms with E-state index in [9.17, 15) is 14.4 Å². The molecule has 30 heavy (non-hydrogen) atoms. The summed E-state index contributed by atoms with van der Waals surface area (Å²) in [5.41, 5.74) is 6.35. The second-order valence-electron chi connectivity index (χ2n) is 7.35. The summed E-state index contributed by atoms with van der Waals surface area (Å²) in [5.74, 6) is -0.630. The fraction of sp³-hybridized carbons (Fsp3) is 0.409. The highest BCUT2D eigenvalue weighted by Crippen LogP contribution is 2.19. The number of benzene rings is 2. The summed E-state index contributed by atoms with van der Waals surface area (Å²) >= 11 is 0. The van der Waals surface area contributed by atoms with Gasteiger partial charge in [0.25, 0.3) is 0 Å². The lowest BCUT2D eigenvalue weighted by molar-refractivity contribution is -0.136. The Morgan fingerprint density at radius 2 is 1.83 bits per heavy atom. The van der Waals surface area contributed by atoms with Gasteiger partial charge in [0, 0.05) is 26.2 Å². The minimum absolute atomic E-state index is 0. The summed E-state index contributed by atoms with van der Waals surface area (Å²) in [5, 5.41) is 7.63. The maximum Gasteiger partial charge on any atom is 0.241 e. The molecule has 0 aliphatic carbocycles. The Balaban J connectivity index is 0.00000320. The number of hydrogen-bond acceptors (Lipinski definition) is 4. The Morgan fingerprint density at radius 1 is 1.07 bits per heavy atom. The Labute approximate surface area is 182 Å². The van der Waals surface area contributed by atoms with E-state index in [0.29, 0.717) is 26.2 Å². The number of likely N-dealkylation sites (tertiary alicyclic amines) is 1. The molecule has 0 bridgehead atoms. The van der Waals surface area contributed by atoms with Crippen molar-refractivity contribution in [1.82, 2.24) is 15.5 Å². The predicted molar refractivity (Wildman–Crippen MR) is 119 cm³/mol. The van der Waals surface area contributed by atoms with E-state index in [1.165, 1.54) is 0 Å². The van der Waals surface area contributed by atoms with Gasteiger partial charge in [-0.3, -0.25) is 14.4 Å². The van der Waals surface area contributed by atoms with Gasteiger partial charge in [-0.25, -0.2) is 0 Å². The van der Waals surface area contributed by atoms with E-state index < -0.39 is 0 Å². The van der Waals surface area contributed by atoms with Gasteiger partial charge < -0.3 is 21.3 Å². The molecule has 3 rings (SSSR count). The number of nitrogens with zero attached hydrogens (tertiary/aromatic N) is 1. The molecular weight excluding hydrogens is 404 g/mol. The highest BCUT2D eigenvalue weighted by Gasteiger charge is 2.28. The number of piperidine rings is 1. The van der Waals surface area contributed by atoms with Gasteiger partial charge in [0.05, 0.1) is 18.9 Å². The molecule has 2 aromatic carbocycles. The molecule has 1 unspecified atom stereocenters. The van der Waals surface area contributed by atoms with E-state index in [2.05, 4.69) is 10.6 Å². The average molecular weight is 433 g/mol. The van der Waals surface area contributed by atoms with Crippen LogP contribution in [0.1, 0.15) is 18.4 Å². The van der Waals surface area contributed by atoms with Gasteiger partial charge in [-0.2, -0.15) is 0 Å². The molecule has 162 valence electrons. The Kier molecular flexibility index (Phi) is 9.08. The summed E-state index contributed by atoms with van der Waals surface area (Å²) < 4.78 is 0. The van der Waals surface area contributed by atoms with Crippen molar-refractivity contribution in [1.29, 1.82) is 0 Å². The SMILES string of the molecule is Cl.NCCNC(=O)C1CCCN(C(=O)CNC(=O)Cc2cccc3ccccc23)C1. The molecule has 0 spiro atoms. The maximum atomic E-state index is 12.5. The first kappa shape index (κ1) is 23.6. The molecule has 0 radical (unpaired) electrons. The molecule has 1 heterocycles. The van der Waals surface area contributed by atoms with E-state index >= 15 is 0 Å². The van der Waals surface area contributed by atoms with Crippen molar-refractivity contribution in [2.45, 2.75) is 19.3 Å². The molecule has 7 nitrogen and oxygen atoms in total. The summed E-state index contributed by atoms with van der Waals surface area (Å²) in [7, 11) is 0. The molecule has 0 saturated carbocycles. The summed E-state index contributed by atoms with van der Waals surface area (Å²) in [6, 6.07) is 13.8. The van der Waals surface area contributed by atoms with E-state index in [0.717, 1.165) is 29.2 Å². The zero-order valence-electron chi connectivity index (χ0n) is 16.9. The van der Waals surface area contributed by atoms with Gasteiger partial charge in [0.2, 0.25) is 17.7 Å². The van der Waals surface area contributed by atoms with Gasteiger partial charge in [-0.15, -0.1) is 12.4 Å². The van der Waals surface area contributed by atoms with Crippen molar-refractivity contribution in [2.75, 3.05) is 32.7 Å². The van der Waals surface area contributed by atoms with E-state index in [4.69, 9.17) is 5.73 Å². The first-order chi connectivity index (χ1) is 14.1. The van der Waals surface area contributed by atoms with Crippen molar-refractivity contribution in [3.05, 3.63) is 48.0 Å². The van der Waals surface area contributed by atoms with Crippen LogP contribution < -0.4 is 16.4 Å². The third kappa shape index (κ3) is 6.18. The molecular formula is C22H29ClN4O3. The van der Waals surface area contributed by atoms with E-state index in [1.807, 2.05) is 42.5 Å². The Morgan fingerprint density at radius 3 is 2.63 bits per heavy atom. The smallest absolute Gasteiger partial charge is 0.241 e. The first-order valence-electron chi connectivity index (χ1n) is 10.1. The molecule has 8 heteroatoms. The van der Waals surface area contributed by atoms with Crippen LogP contribution in [0.15, 0.2) is 42.5 Å². The second-order valence-corrected chi connectivity index (χ2v) is 7.35. The fourth-order valence-electron chi connectivity index (χ4n) is 3.73. The summed E-state index contributed by atoms with van der Waals surface area (Å²) in [4.78, 5) is 38.7. The number of rotatable bonds is 7. The van der Waals surface area contributed by atoms with Crippen LogP contribution in [-0.4, -0.2) is 55.3 Å². The molecule has 1 fully saturated rings. The lowest BCUT2D eigenvalue weighted by Crippen LogP contribution is -2.48. The summed E-state index contributed by atoms with van der Waals surface area (Å²) in [6.07, 6.45) is 1.75.